The number of carbonyl (C=O) groups is 1. The molecule has 0 atom stereocenters. The van der Waals surface area contributed by atoms with Gasteiger partial charge in [-0.3, -0.25) is 0 Å². The van der Waals surface area contributed by atoms with E-state index in [2.05, 4.69) is 10.3 Å². The summed E-state index contributed by atoms with van der Waals surface area (Å²) in [6.07, 6.45) is 0. The van der Waals surface area contributed by atoms with Crippen molar-refractivity contribution in [1.29, 1.82) is 0 Å². The van der Waals surface area contributed by atoms with E-state index < -0.39 is 11.8 Å². The van der Waals surface area contributed by atoms with Crippen LogP contribution in [0, 0.1) is 5.82 Å². The fraction of sp³-hybridized carbons (Fsp3) is 0. The molecule has 0 aliphatic rings. The van der Waals surface area contributed by atoms with Crippen molar-refractivity contribution >= 4 is 39.7 Å². The molecular formula is C10H6ClFN2O2S. The van der Waals surface area contributed by atoms with Crippen LogP contribution in [0.1, 0.15) is 10.5 Å². The molecule has 88 valence electrons. The molecule has 7 heteroatoms. The largest absolute Gasteiger partial charge is 0.476 e. The summed E-state index contributed by atoms with van der Waals surface area (Å²) < 4.78 is 13.0. The Hall–Kier alpha value is -1.66. The van der Waals surface area contributed by atoms with E-state index in [4.69, 9.17) is 16.7 Å². The second-order valence-corrected chi connectivity index (χ2v) is 4.42. The third kappa shape index (κ3) is 2.92. The molecule has 2 rings (SSSR count). The summed E-state index contributed by atoms with van der Waals surface area (Å²) in [7, 11) is 0. The first-order valence-electron chi connectivity index (χ1n) is 4.46. The maximum absolute atomic E-state index is 13.0. The molecular weight excluding hydrogens is 267 g/mol. The van der Waals surface area contributed by atoms with Gasteiger partial charge >= 0.3 is 5.97 Å². The summed E-state index contributed by atoms with van der Waals surface area (Å²) in [5.41, 5.74) is 0.362. The zero-order valence-corrected chi connectivity index (χ0v) is 9.85. The smallest absolute Gasteiger partial charge is 0.355 e. The van der Waals surface area contributed by atoms with Gasteiger partial charge in [-0.25, -0.2) is 14.2 Å². The van der Waals surface area contributed by atoms with Crippen LogP contribution in [-0.4, -0.2) is 16.1 Å². The highest BCUT2D eigenvalue weighted by Crippen LogP contribution is 2.24. The van der Waals surface area contributed by atoms with E-state index in [1.807, 2.05) is 0 Å². The average Bonchev–Trinajstić information content (AvgIpc) is 2.64. The minimum Gasteiger partial charge on any atom is -0.476 e. The number of nitrogens with one attached hydrogen (secondary N) is 1. The Labute approximate surface area is 105 Å². The van der Waals surface area contributed by atoms with Gasteiger partial charge in [0.15, 0.2) is 10.8 Å². The van der Waals surface area contributed by atoms with E-state index in [9.17, 15) is 9.18 Å². The summed E-state index contributed by atoms with van der Waals surface area (Å²) in [6.45, 7) is 0. The first-order valence-corrected chi connectivity index (χ1v) is 5.72. The number of nitrogens with zero attached hydrogens (tertiary/aromatic N) is 1. The number of hydrogen-bond acceptors (Lipinski definition) is 4. The lowest BCUT2D eigenvalue weighted by Gasteiger charge is -2.02. The van der Waals surface area contributed by atoms with Gasteiger partial charge in [-0.1, -0.05) is 11.6 Å². The first-order chi connectivity index (χ1) is 8.04. The van der Waals surface area contributed by atoms with E-state index in [-0.39, 0.29) is 10.7 Å². The van der Waals surface area contributed by atoms with Crippen LogP contribution in [0.15, 0.2) is 23.6 Å². The molecule has 0 saturated heterocycles. The van der Waals surface area contributed by atoms with Crippen LogP contribution < -0.4 is 5.32 Å². The zero-order valence-electron chi connectivity index (χ0n) is 8.28. The van der Waals surface area contributed by atoms with E-state index in [1.54, 1.807) is 0 Å². The maximum atomic E-state index is 13.0. The molecule has 0 radical (unpaired) electrons. The van der Waals surface area contributed by atoms with E-state index in [0.717, 1.165) is 11.3 Å². The van der Waals surface area contributed by atoms with Crippen LogP contribution >= 0.6 is 22.9 Å². The van der Waals surface area contributed by atoms with Gasteiger partial charge in [-0.2, -0.15) is 0 Å². The van der Waals surface area contributed by atoms with Crippen molar-refractivity contribution in [3.8, 4) is 0 Å². The van der Waals surface area contributed by atoms with Crippen molar-refractivity contribution in [2.75, 3.05) is 5.32 Å². The van der Waals surface area contributed by atoms with Crippen LogP contribution in [0.5, 0.6) is 0 Å². The Morgan fingerprint density at radius 1 is 1.47 bits per heavy atom. The number of benzene rings is 1. The second-order valence-electron chi connectivity index (χ2n) is 3.13. The molecule has 0 spiro atoms. The Morgan fingerprint density at radius 2 is 2.24 bits per heavy atom. The predicted molar refractivity (Wildman–Crippen MR) is 63.8 cm³/mol. The summed E-state index contributed by atoms with van der Waals surface area (Å²) in [5.74, 6) is -1.58. The highest BCUT2D eigenvalue weighted by atomic mass is 35.5. The highest BCUT2D eigenvalue weighted by Gasteiger charge is 2.09. The van der Waals surface area contributed by atoms with Crippen molar-refractivity contribution in [3.05, 3.63) is 40.1 Å². The molecule has 2 aromatic rings. The number of aromatic nitrogens is 1. The fourth-order valence-corrected chi connectivity index (χ4v) is 2.11. The molecule has 1 heterocycles. The molecule has 1 aromatic carbocycles. The summed E-state index contributed by atoms with van der Waals surface area (Å²) in [5, 5.41) is 13.5. The molecule has 17 heavy (non-hydrogen) atoms. The zero-order chi connectivity index (χ0) is 12.4. The number of anilines is 2. The lowest BCUT2D eigenvalue weighted by atomic mass is 10.3. The van der Waals surface area contributed by atoms with E-state index >= 15 is 0 Å². The number of halogens is 2. The first kappa shape index (κ1) is 11.8. The predicted octanol–water partition coefficient (Wildman–Crippen LogP) is 3.38. The summed E-state index contributed by atoms with van der Waals surface area (Å²) in [4.78, 5) is 14.4. The molecule has 0 saturated carbocycles. The Morgan fingerprint density at radius 3 is 2.82 bits per heavy atom. The lowest BCUT2D eigenvalue weighted by molar-refractivity contribution is 0.0691. The number of carboxylic acid groups (broad SMARTS) is 1. The fourth-order valence-electron chi connectivity index (χ4n) is 1.18. The van der Waals surface area contributed by atoms with Gasteiger partial charge in [0.1, 0.15) is 5.82 Å². The number of thiazole rings is 1. The molecule has 2 N–H and O–H groups in total. The Balaban J connectivity index is 2.22. The Bertz CT molecular complexity index is 553. The molecule has 4 nitrogen and oxygen atoms in total. The minimum absolute atomic E-state index is 0.0556. The molecule has 0 bridgehead atoms. The lowest BCUT2D eigenvalue weighted by Crippen LogP contribution is -1.97. The third-order valence-electron chi connectivity index (χ3n) is 1.84. The van der Waals surface area contributed by atoms with Crippen molar-refractivity contribution in [1.82, 2.24) is 4.98 Å². The summed E-state index contributed by atoms with van der Waals surface area (Å²) >= 11 is 6.80. The van der Waals surface area contributed by atoms with Crippen molar-refractivity contribution in [2.24, 2.45) is 0 Å². The van der Waals surface area contributed by atoms with Crippen LogP contribution in [0.2, 0.25) is 5.02 Å². The normalized spacial score (nSPS) is 10.2. The number of aromatic carboxylic acids is 1. The van der Waals surface area contributed by atoms with Crippen molar-refractivity contribution in [3.63, 3.8) is 0 Å². The highest BCUT2D eigenvalue weighted by molar-refractivity contribution is 7.14. The van der Waals surface area contributed by atoms with Gasteiger partial charge < -0.3 is 10.4 Å². The van der Waals surface area contributed by atoms with Crippen LogP contribution in [0.25, 0.3) is 0 Å². The molecule has 0 unspecified atom stereocenters. The standard InChI is InChI=1S/C10H6ClFN2O2S/c11-5-1-6(12)3-7(2-5)13-10-14-8(4-17-10)9(15)16/h1-4H,(H,13,14)(H,15,16). The number of carboxylic acids is 1. The van der Waals surface area contributed by atoms with Crippen LogP contribution in [0.4, 0.5) is 15.2 Å². The van der Waals surface area contributed by atoms with E-state index in [0.29, 0.717) is 10.8 Å². The maximum Gasteiger partial charge on any atom is 0.355 e. The topological polar surface area (TPSA) is 62.2 Å². The second kappa shape index (κ2) is 4.68. The molecule has 0 aliphatic heterocycles. The molecule has 0 amide bonds. The van der Waals surface area contributed by atoms with Crippen LogP contribution in [-0.2, 0) is 0 Å². The van der Waals surface area contributed by atoms with Crippen molar-refractivity contribution in [2.45, 2.75) is 0 Å². The van der Waals surface area contributed by atoms with Gasteiger partial charge in [0.2, 0.25) is 0 Å². The minimum atomic E-state index is -1.11. The van der Waals surface area contributed by atoms with Gasteiger partial charge in [0, 0.05) is 16.1 Å². The van der Waals surface area contributed by atoms with Crippen LogP contribution in [0.3, 0.4) is 0 Å². The monoisotopic (exact) mass is 272 g/mol. The van der Waals surface area contributed by atoms with Gasteiger partial charge in [-0.05, 0) is 18.2 Å². The van der Waals surface area contributed by atoms with Crippen molar-refractivity contribution < 1.29 is 14.3 Å². The molecule has 0 aliphatic carbocycles. The third-order valence-corrected chi connectivity index (χ3v) is 2.81. The molecule has 1 aromatic heterocycles. The SMILES string of the molecule is O=C(O)c1csc(Nc2cc(F)cc(Cl)c2)n1. The quantitative estimate of drug-likeness (QED) is 0.899. The van der Waals surface area contributed by atoms with E-state index in [1.165, 1.54) is 23.6 Å². The Kier molecular flexibility index (Phi) is 3.26. The number of rotatable bonds is 3. The number of hydrogen-bond donors (Lipinski definition) is 2. The average molecular weight is 273 g/mol. The van der Waals surface area contributed by atoms with Gasteiger partial charge in [-0.15, -0.1) is 11.3 Å². The summed E-state index contributed by atoms with van der Waals surface area (Å²) in [6, 6.07) is 3.94. The van der Waals surface area contributed by atoms with Gasteiger partial charge in [0.05, 0.1) is 0 Å². The molecule has 0 fully saturated rings. The van der Waals surface area contributed by atoms with Gasteiger partial charge in [0.25, 0.3) is 0 Å².